The summed E-state index contributed by atoms with van der Waals surface area (Å²) in [6, 6.07) is 4.23. The van der Waals surface area contributed by atoms with Crippen LogP contribution in [-0.2, 0) is 0 Å². The Morgan fingerprint density at radius 1 is 1.37 bits per heavy atom. The Bertz CT molecular complexity index is 436. The molecule has 1 aromatic heterocycles. The molecule has 0 spiro atoms. The van der Waals surface area contributed by atoms with Crippen LogP contribution in [0.2, 0.25) is 0 Å². The zero-order chi connectivity index (χ0) is 13.8. The maximum absolute atomic E-state index is 11.7. The van der Waals surface area contributed by atoms with Crippen LogP contribution in [-0.4, -0.2) is 23.9 Å². The number of rotatable bonds is 4. The Kier molecular flexibility index (Phi) is 4.56. The van der Waals surface area contributed by atoms with E-state index in [1.807, 2.05) is 12.1 Å². The summed E-state index contributed by atoms with van der Waals surface area (Å²) in [5.41, 5.74) is 0.739. The molecule has 1 fully saturated rings. The van der Waals surface area contributed by atoms with Crippen LogP contribution in [0.4, 0.5) is 5.82 Å². The van der Waals surface area contributed by atoms with Crippen molar-refractivity contribution >= 4 is 11.6 Å². The highest BCUT2D eigenvalue weighted by Gasteiger charge is 2.25. The van der Waals surface area contributed by atoms with Crippen molar-refractivity contribution in [2.45, 2.75) is 52.0 Å². The number of anilines is 1. The topological polar surface area (TPSA) is 33.2 Å². The van der Waals surface area contributed by atoms with E-state index in [2.05, 4.69) is 23.9 Å². The molecule has 0 radical (unpaired) electrons. The average Bonchev–Trinajstić information content (AvgIpc) is 2.46. The Morgan fingerprint density at radius 3 is 2.63 bits per heavy atom. The number of hydrogen-bond donors (Lipinski definition) is 0. The van der Waals surface area contributed by atoms with Gasteiger partial charge in [0.1, 0.15) is 5.82 Å². The molecule has 1 aliphatic carbocycles. The molecule has 0 N–H and O–H groups in total. The summed E-state index contributed by atoms with van der Waals surface area (Å²) in [5.74, 6) is 1.83. The summed E-state index contributed by atoms with van der Waals surface area (Å²) < 4.78 is 0. The van der Waals surface area contributed by atoms with Crippen LogP contribution in [0.5, 0.6) is 0 Å². The molecule has 1 heterocycles. The van der Waals surface area contributed by atoms with Gasteiger partial charge in [0.25, 0.3) is 0 Å². The van der Waals surface area contributed by atoms with Crippen molar-refractivity contribution in [2.24, 2.45) is 5.92 Å². The van der Waals surface area contributed by atoms with Gasteiger partial charge in [-0.3, -0.25) is 4.79 Å². The first-order valence-corrected chi connectivity index (χ1v) is 7.32. The van der Waals surface area contributed by atoms with Gasteiger partial charge in [0.15, 0.2) is 5.78 Å². The highest BCUT2D eigenvalue weighted by atomic mass is 16.1. The summed E-state index contributed by atoms with van der Waals surface area (Å²) in [6.07, 6.45) is 8.09. The predicted octanol–water partition coefficient (Wildman–Crippen LogP) is 3.69. The Balaban J connectivity index is 2.12. The van der Waals surface area contributed by atoms with Crippen molar-refractivity contribution in [3.63, 3.8) is 0 Å². The van der Waals surface area contributed by atoms with Gasteiger partial charge < -0.3 is 4.90 Å². The third-order valence-corrected chi connectivity index (χ3v) is 4.44. The lowest BCUT2D eigenvalue weighted by Crippen LogP contribution is -2.36. The lowest BCUT2D eigenvalue weighted by molar-refractivity contribution is 0.101. The average molecular weight is 260 g/mol. The first-order valence-electron chi connectivity index (χ1n) is 7.32. The smallest absolute Gasteiger partial charge is 0.163 e. The number of aromatic nitrogens is 1. The molecule has 0 atom stereocenters. The maximum Gasteiger partial charge on any atom is 0.163 e. The Hall–Kier alpha value is -1.38. The minimum absolute atomic E-state index is 0.0946. The van der Waals surface area contributed by atoms with Gasteiger partial charge in [-0.2, -0.15) is 0 Å². The molecule has 19 heavy (non-hydrogen) atoms. The summed E-state index contributed by atoms with van der Waals surface area (Å²) >= 11 is 0. The molecule has 0 bridgehead atoms. The minimum atomic E-state index is 0.0946. The van der Waals surface area contributed by atoms with Crippen LogP contribution < -0.4 is 4.90 Å². The molecular weight excluding hydrogens is 236 g/mol. The number of Topliss-reactive ketones (excluding diaryl/α,β-unsaturated/α-hetero) is 1. The second kappa shape index (κ2) is 6.18. The molecule has 0 unspecified atom stereocenters. The molecule has 1 aromatic rings. The van der Waals surface area contributed by atoms with Crippen molar-refractivity contribution in [1.82, 2.24) is 4.98 Å². The number of hydrogen-bond acceptors (Lipinski definition) is 3. The first-order chi connectivity index (χ1) is 9.13. The number of ketones is 1. The van der Waals surface area contributed by atoms with Crippen LogP contribution in [0.15, 0.2) is 18.3 Å². The second-order valence-electron chi connectivity index (χ2n) is 5.62. The standard InChI is InChI=1S/C16H24N2O/c1-4-13-7-9-14(10-8-13)18(3)16-15(12(2)19)6-5-11-17-16/h5-6,11,13-14H,4,7-10H2,1-3H3. The van der Waals surface area contributed by atoms with Crippen LogP contribution in [0.25, 0.3) is 0 Å². The van der Waals surface area contributed by atoms with Crippen LogP contribution in [0.1, 0.15) is 56.3 Å². The van der Waals surface area contributed by atoms with Crippen LogP contribution in [0.3, 0.4) is 0 Å². The molecule has 0 aromatic carbocycles. The fourth-order valence-electron chi connectivity index (χ4n) is 3.07. The van der Waals surface area contributed by atoms with E-state index in [9.17, 15) is 4.79 Å². The van der Waals surface area contributed by atoms with Gasteiger partial charge in [0.05, 0.1) is 5.56 Å². The molecule has 1 saturated carbocycles. The van der Waals surface area contributed by atoms with Gasteiger partial charge in [0.2, 0.25) is 0 Å². The Morgan fingerprint density at radius 2 is 2.05 bits per heavy atom. The van der Waals surface area contributed by atoms with E-state index in [4.69, 9.17) is 0 Å². The molecule has 0 amide bonds. The maximum atomic E-state index is 11.7. The highest BCUT2D eigenvalue weighted by Crippen LogP contribution is 2.31. The highest BCUT2D eigenvalue weighted by molar-refractivity contribution is 5.98. The molecular formula is C16H24N2O. The van der Waals surface area contributed by atoms with E-state index < -0.39 is 0 Å². The fourth-order valence-corrected chi connectivity index (χ4v) is 3.07. The van der Waals surface area contributed by atoms with E-state index in [0.29, 0.717) is 6.04 Å². The Labute approximate surface area is 116 Å². The van der Waals surface area contributed by atoms with E-state index in [1.165, 1.54) is 32.1 Å². The van der Waals surface area contributed by atoms with E-state index in [-0.39, 0.29) is 5.78 Å². The lowest BCUT2D eigenvalue weighted by atomic mass is 9.84. The predicted molar refractivity (Wildman–Crippen MR) is 78.7 cm³/mol. The van der Waals surface area contributed by atoms with Gasteiger partial charge in [-0.05, 0) is 50.7 Å². The fraction of sp³-hybridized carbons (Fsp3) is 0.625. The molecule has 1 aliphatic rings. The number of carbonyl (C=O) groups excluding carboxylic acids is 1. The number of carbonyl (C=O) groups is 1. The monoisotopic (exact) mass is 260 g/mol. The quantitative estimate of drug-likeness (QED) is 0.774. The molecule has 0 aliphatic heterocycles. The largest absolute Gasteiger partial charge is 0.356 e. The second-order valence-corrected chi connectivity index (χ2v) is 5.62. The van der Waals surface area contributed by atoms with Crippen LogP contribution >= 0.6 is 0 Å². The molecule has 104 valence electrons. The molecule has 3 heteroatoms. The van der Waals surface area contributed by atoms with Crippen molar-refractivity contribution < 1.29 is 4.79 Å². The minimum Gasteiger partial charge on any atom is -0.356 e. The molecule has 2 rings (SSSR count). The SMILES string of the molecule is CCC1CCC(N(C)c2ncccc2C(C)=O)CC1. The van der Waals surface area contributed by atoms with E-state index in [1.54, 1.807) is 13.1 Å². The molecule has 3 nitrogen and oxygen atoms in total. The normalized spacial score (nSPS) is 23.1. The van der Waals surface area contributed by atoms with Gasteiger partial charge >= 0.3 is 0 Å². The van der Waals surface area contributed by atoms with Gasteiger partial charge in [-0.15, -0.1) is 0 Å². The summed E-state index contributed by atoms with van der Waals surface area (Å²) in [4.78, 5) is 18.3. The van der Waals surface area contributed by atoms with Gasteiger partial charge in [-0.25, -0.2) is 4.98 Å². The third-order valence-electron chi connectivity index (χ3n) is 4.44. The summed E-state index contributed by atoms with van der Waals surface area (Å²) in [5, 5.41) is 0. The molecule has 0 saturated heterocycles. The zero-order valence-electron chi connectivity index (χ0n) is 12.2. The lowest BCUT2D eigenvalue weighted by Gasteiger charge is -2.35. The van der Waals surface area contributed by atoms with Gasteiger partial charge in [-0.1, -0.05) is 13.3 Å². The van der Waals surface area contributed by atoms with Crippen molar-refractivity contribution in [3.05, 3.63) is 23.9 Å². The zero-order valence-corrected chi connectivity index (χ0v) is 12.2. The van der Waals surface area contributed by atoms with E-state index >= 15 is 0 Å². The summed E-state index contributed by atoms with van der Waals surface area (Å²) in [7, 11) is 2.08. The van der Waals surface area contributed by atoms with Crippen LogP contribution in [0, 0.1) is 5.92 Å². The number of pyridine rings is 1. The van der Waals surface area contributed by atoms with Gasteiger partial charge in [0, 0.05) is 19.3 Å². The number of nitrogens with zero attached hydrogens (tertiary/aromatic N) is 2. The van der Waals surface area contributed by atoms with Crippen molar-refractivity contribution in [2.75, 3.05) is 11.9 Å². The third kappa shape index (κ3) is 3.14. The van der Waals surface area contributed by atoms with E-state index in [0.717, 1.165) is 17.3 Å². The van der Waals surface area contributed by atoms with Crippen molar-refractivity contribution in [1.29, 1.82) is 0 Å². The van der Waals surface area contributed by atoms with Crippen molar-refractivity contribution in [3.8, 4) is 0 Å². The first kappa shape index (κ1) is 14.0. The summed E-state index contributed by atoms with van der Waals surface area (Å²) in [6.45, 7) is 3.89.